The highest BCUT2D eigenvalue weighted by Gasteiger charge is 2.15. The van der Waals surface area contributed by atoms with Gasteiger partial charge in [-0.05, 0) is 31.0 Å². The van der Waals surface area contributed by atoms with E-state index in [1.54, 1.807) is 32.2 Å². The van der Waals surface area contributed by atoms with Crippen LogP contribution in [0.25, 0.3) is 0 Å². The summed E-state index contributed by atoms with van der Waals surface area (Å²) < 4.78 is 0. The molecule has 5 heteroatoms. The Labute approximate surface area is 106 Å². The molecule has 0 aromatic heterocycles. The quantitative estimate of drug-likeness (QED) is 0.776. The van der Waals surface area contributed by atoms with E-state index in [0.717, 1.165) is 5.56 Å². The molecular formula is C13H18N2O3. The molecule has 0 aliphatic carbocycles. The van der Waals surface area contributed by atoms with E-state index in [0.29, 0.717) is 24.2 Å². The van der Waals surface area contributed by atoms with Gasteiger partial charge in [0.05, 0.1) is 0 Å². The fourth-order valence-electron chi connectivity index (χ4n) is 1.66. The second kappa shape index (κ2) is 6.05. The maximum absolute atomic E-state index is 12.1. The standard InChI is InChI=1S/C13H18N2O3/c1-9-10(5-3-6-11(9)14)13(18)15(2)8-4-7-12(16)17/h3,5-6H,4,7-8,14H2,1-2H3,(H,16,17). The van der Waals surface area contributed by atoms with Gasteiger partial charge >= 0.3 is 5.97 Å². The Balaban J connectivity index is 2.69. The molecule has 1 aromatic carbocycles. The molecular weight excluding hydrogens is 232 g/mol. The van der Waals surface area contributed by atoms with Crippen LogP contribution in [0.4, 0.5) is 5.69 Å². The average molecular weight is 250 g/mol. The molecule has 3 N–H and O–H groups in total. The summed E-state index contributed by atoms with van der Waals surface area (Å²) in [6.45, 7) is 2.22. The SMILES string of the molecule is Cc1c(N)cccc1C(=O)N(C)CCCC(=O)O. The van der Waals surface area contributed by atoms with E-state index in [-0.39, 0.29) is 12.3 Å². The Hall–Kier alpha value is -2.04. The molecule has 0 aliphatic heterocycles. The molecule has 18 heavy (non-hydrogen) atoms. The molecule has 0 saturated carbocycles. The lowest BCUT2D eigenvalue weighted by Gasteiger charge is -2.18. The summed E-state index contributed by atoms with van der Waals surface area (Å²) in [5.41, 5.74) is 7.65. The number of nitrogens with two attached hydrogens (primary N) is 1. The predicted molar refractivity (Wildman–Crippen MR) is 69.4 cm³/mol. The van der Waals surface area contributed by atoms with Crippen LogP contribution in [0.15, 0.2) is 18.2 Å². The molecule has 0 bridgehead atoms. The molecule has 0 aliphatic rings. The van der Waals surface area contributed by atoms with Crippen molar-refractivity contribution in [2.75, 3.05) is 19.3 Å². The van der Waals surface area contributed by atoms with Crippen LogP contribution in [0.1, 0.15) is 28.8 Å². The van der Waals surface area contributed by atoms with Crippen LogP contribution in [-0.4, -0.2) is 35.5 Å². The lowest BCUT2D eigenvalue weighted by atomic mass is 10.1. The van der Waals surface area contributed by atoms with Crippen molar-refractivity contribution in [3.63, 3.8) is 0 Å². The first kappa shape index (κ1) is 14.0. The second-order valence-corrected chi connectivity index (χ2v) is 4.24. The highest BCUT2D eigenvalue weighted by atomic mass is 16.4. The largest absolute Gasteiger partial charge is 0.481 e. The zero-order valence-corrected chi connectivity index (χ0v) is 10.6. The van der Waals surface area contributed by atoms with Crippen molar-refractivity contribution in [1.29, 1.82) is 0 Å². The third kappa shape index (κ3) is 3.48. The van der Waals surface area contributed by atoms with Crippen molar-refractivity contribution in [1.82, 2.24) is 4.90 Å². The van der Waals surface area contributed by atoms with Gasteiger partial charge in [0.25, 0.3) is 5.91 Å². The summed E-state index contributed by atoms with van der Waals surface area (Å²) in [5, 5.41) is 8.54. The van der Waals surface area contributed by atoms with Gasteiger partial charge in [0.1, 0.15) is 0 Å². The average Bonchev–Trinajstić information content (AvgIpc) is 2.31. The molecule has 1 aromatic rings. The normalized spacial score (nSPS) is 10.1. The highest BCUT2D eigenvalue weighted by molar-refractivity contribution is 5.96. The zero-order valence-electron chi connectivity index (χ0n) is 10.6. The van der Waals surface area contributed by atoms with Gasteiger partial charge in [-0.15, -0.1) is 0 Å². The lowest BCUT2D eigenvalue weighted by molar-refractivity contribution is -0.137. The van der Waals surface area contributed by atoms with Crippen LogP contribution in [0.5, 0.6) is 0 Å². The van der Waals surface area contributed by atoms with Crippen LogP contribution < -0.4 is 5.73 Å². The van der Waals surface area contributed by atoms with Gasteiger partial charge in [0, 0.05) is 31.3 Å². The molecule has 0 unspecified atom stereocenters. The van der Waals surface area contributed by atoms with E-state index in [4.69, 9.17) is 10.8 Å². The summed E-state index contributed by atoms with van der Waals surface area (Å²) in [7, 11) is 1.66. The van der Waals surface area contributed by atoms with Gasteiger partial charge in [0.15, 0.2) is 0 Å². The number of aliphatic carboxylic acids is 1. The molecule has 0 atom stereocenters. The minimum absolute atomic E-state index is 0.0630. The van der Waals surface area contributed by atoms with E-state index in [1.165, 1.54) is 4.90 Å². The van der Waals surface area contributed by atoms with Crippen LogP contribution in [-0.2, 0) is 4.79 Å². The number of carbonyl (C=O) groups is 2. The summed E-state index contributed by atoms with van der Waals surface area (Å²) >= 11 is 0. The van der Waals surface area contributed by atoms with Crippen molar-refractivity contribution in [2.24, 2.45) is 0 Å². The van der Waals surface area contributed by atoms with Crippen molar-refractivity contribution < 1.29 is 14.7 Å². The Kier molecular flexibility index (Phi) is 4.71. The number of anilines is 1. The lowest BCUT2D eigenvalue weighted by Crippen LogP contribution is -2.28. The number of nitrogen functional groups attached to an aromatic ring is 1. The first-order chi connectivity index (χ1) is 8.43. The first-order valence-electron chi connectivity index (χ1n) is 5.76. The number of nitrogens with zero attached hydrogens (tertiary/aromatic N) is 1. The van der Waals surface area contributed by atoms with Gasteiger partial charge in [-0.3, -0.25) is 9.59 Å². The summed E-state index contributed by atoms with van der Waals surface area (Å²) in [5.74, 6) is -0.985. The fourth-order valence-corrected chi connectivity index (χ4v) is 1.66. The third-order valence-electron chi connectivity index (χ3n) is 2.84. The zero-order chi connectivity index (χ0) is 13.7. The topological polar surface area (TPSA) is 83.6 Å². The smallest absolute Gasteiger partial charge is 0.303 e. The van der Waals surface area contributed by atoms with Gasteiger partial charge in [0.2, 0.25) is 0 Å². The number of carbonyl (C=O) groups excluding carboxylic acids is 1. The molecule has 1 amide bonds. The van der Waals surface area contributed by atoms with Gasteiger partial charge in [-0.2, -0.15) is 0 Å². The minimum atomic E-state index is -0.851. The van der Waals surface area contributed by atoms with E-state index in [2.05, 4.69) is 0 Å². The van der Waals surface area contributed by atoms with Gasteiger partial charge in [-0.25, -0.2) is 0 Å². The first-order valence-corrected chi connectivity index (χ1v) is 5.76. The molecule has 98 valence electrons. The van der Waals surface area contributed by atoms with E-state index < -0.39 is 5.97 Å². The number of rotatable bonds is 5. The Morgan fingerprint density at radius 1 is 1.39 bits per heavy atom. The fraction of sp³-hybridized carbons (Fsp3) is 0.385. The van der Waals surface area contributed by atoms with Gasteiger partial charge in [-0.1, -0.05) is 6.07 Å². The number of benzene rings is 1. The van der Waals surface area contributed by atoms with Crippen molar-refractivity contribution in [2.45, 2.75) is 19.8 Å². The van der Waals surface area contributed by atoms with Crippen molar-refractivity contribution in [3.05, 3.63) is 29.3 Å². The molecule has 5 nitrogen and oxygen atoms in total. The maximum atomic E-state index is 12.1. The second-order valence-electron chi connectivity index (χ2n) is 4.24. The molecule has 0 heterocycles. The van der Waals surface area contributed by atoms with Crippen molar-refractivity contribution >= 4 is 17.6 Å². The molecule has 0 fully saturated rings. The van der Waals surface area contributed by atoms with E-state index in [1.807, 2.05) is 0 Å². The minimum Gasteiger partial charge on any atom is -0.481 e. The highest BCUT2D eigenvalue weighted by Crippen LogP contribution is 2.17. The molecule has 0 saturated heterocycles. The number of carboxylic acid groups (broad SMARTS) is 1. The molecule has 1 rings (SSSR count). The summed E-state index contributed by atoms with van der Waals surface area (Å²) in [6, 6.07) is 5.21. The van der Waals surface area contributed by atoms with Crippen LogP contribution in [0.2, 0.25) is 0 Å². The number of amides is 1. The Morgan fingerprint density at radius 3 is 2.67 bits per heavy atom. The number of hydrogen-bond donors (Lipinski definition) is 2. The number of hydrogen-bond acceptors (Lipinski definition) is 3. The summed E-state index contributed by atoms with van der Waals surface area (Å²) in [6.07, 6.45) is 0.506. The molecule has 0 radical (unpaired) electrons. The predicted octanol–water partition coefficient (Wildman–Crippen LogP) is 1.51. The Morgan fingerprint density at radius 2 is 2.06 bits per heavy atom. The Bertz CT molecular complexity index is 458. The number of carboxylic acids is 1. The maximum Gasteiger partial charge on any atom is 0.303 e. The van der Waals surface area contributed by atoms with E-state index >= 15 is 0 Å². The van der Waals surface area contributed by atoms with Crippen LogP contribution >= 0.6 is 0 Å². The monoisotopic (exact) mass is 250 g/mol. The van der Waals surface area contributed by atoms with Crippen molar-refractivity contribution in [3.8, 4) is 0 Å². The van der Waals surface area contributed by atoms with Gasteiger partial charge < -0.3 is 15.7 Å². The third-order valence-corrected chi connectivity index (χ3v) is 2.84. The van der Waals surface area contributed by atoms with E-state index in [9.17, 15) is 9.59 Å². The van der Waals surface area contributed by atoms with Crippen LogP contribution in [0.3, 0.4) is 0 Å². The molecule has 0 spiro atoms. The summed E-state index contributed by atoms with van der Waals surface area (Å²) in [4.78, 5) is 24.0. The van der Waals surface area contributed by atoms with Crippen LogP contribution in [0, 0.1) is 6.92 Å².